The molecule has 2 nitrogen and oxygen atoms in total. The lowest BCUT2D eigenvalue weighted by Gasteiger charge is -2.23. The van der Waals surface area contributed by atoms with Crippen molar-refractivity contribution >= 4 is 0 Å². The highest BCUT2D eigenvalue weighted by atomic mass is 15.0. The Hall–Kier alpha value is -0.0800. The molecule has 2 rings (SSSR count). The molecular weight excluding hydrogens is 172 g/mol. The molecule has 0 aromatic carbocycles. The van der Waals surface area contributed by atoms with Crippen LogP contribution >= 0.6 is 0 Å². The lowest BCUT2D eigenvalue weighted by molar-refractivity contribution is 0.364. The van der Waals surface area contributed by atoms with Crippen molar-refractivity contribution < 1.29 is 0 Å². The Kier molecular flexibility index (Phi) is 4.26. The molecule has 0 spiro atoms. The summed E-state index contributed by atoms with van der Waals surface area (Å²) in [5, 5.41) is 7.26. The second-order valence-corrected chi connectivity index (χ2v) is 4.87. The van der Waals surface area contributed by atoms with Crippen LogP contribution in [0.3, 0.4) is 0 Å². The van der Waals surface area contributed by atoms with Gasteiger partial charge in [0.1, 0.15) is 0 Å². The van der Waals surface area contributed by atoms with E-state index in [0.717, 1.165) is 12.1 Å². The number of hydrogen-bond donors (Lipinski definition) is 2. The lowest BCUT2D eigenvalue weighted by atomic mass is 9.95. The molecule has 0 bridgehead atoms. The van der Waals surface area contributed by atoms with Gasteiger partial charge in [0.25, 0.3) is 0 Å². The van der Waals surface area contributed by atoms with E-state index >= 15 is 0 Å². The average molecular weight is 196 g/mol. The van der Waals surface area contributed by atoms with Crippen molar-refractivity contribution in [3.63, 3.8) is 0 Å². The minimum Gasteiger partial charge on any atom is -0.314 e. The van der Waals surface area contributed by atoms with Crippen LogP contribution < -0.4 is 10.6 Å². The molecule has 1 saturated carbocycles. The van der Waals surface area contributed by atoms with Gasteiger partial charge in [0.2, 0.25) is 0 Å². The van der Waals surface area contributed by atoms with Crippen LogP contribution in [0.2, 0.25) is 0 Å². The lowest BCUT2D eigenvalue weighted by Crippen LogP contribution is -2.34. The predicted octanol–water partition coefficient (Wildman–Crippen LogP) is 2.05. The van der Waals surface area contributed by atoms with Crippen molar-refractivity contribution in [1.82, 2.24) is 10.6 Å². The molecular formula is C12H24N2. The quantitative estimate of drug-likeness (QED) is 0.719. The highest BCUT2D eigenvalue weighted by Crippen LogP contribution is 2.17. The molecule has 0 aromatic rings. The minimum absolute atomic E-state index is 0.811. The highest BCUT2D eigenvalue weighted by Gasteiger charge is 2.15. The van der Waals surface area contributed by atoms with Crippen LogP contribution in [0.4, 0.5) is 0 Å². The van der Waals surface area contributed by atoms with Gasteiger partial charge in [-0.05, 0) is 45.2 Å². The van der Waals surface area contributed by atoms with Gasteiger partial charge >= 0.3 is 0 Å². The van der Waals surface area contributed by atoms with Crippen LogP contribution in [0, 0.1) is 0 Å². The van der Waals surface area contributed by atoms with Crippen LogP contribution in [0.15, 0.2) is 0 Å². The normalized spacial score (nSPS) is 29.6. The Labute approximate surface area is 87.8 Å². The molecule has 0 aromatic heterocycles. The number of hydrogen-bond acceptors (Lipinski definition) is 2. The summed E-state index contributed by atoms with van der Waals surface area (Å²) in [6, 6.07) is 1.65. The first kappa shape index (κ1) is 10.4. The summed E-state index contributed by atoms with van der Waals surface area (Å²) in [4.78, 5) is 0. The van der Waals surface area contributed by atoms with E-state index in [-0.39, 0.29) is 0 Å². The molecule has 14 heavy (non-hydrogen) atoms. The van der Waals surface area contributed by atoms with Crippen molar-refractivity contribution in [2.24, 2.45) is 0 Å². The van der Waals surface area contributed by atoms with Gasteiger partial charge in [-0.15, -0.1) is 0 Å². The highest BCUT2D eigenvalue weighted by molar-refractivity contribution is 4.77. The Morgan fingerprint density at radius 2 is 1.86 bits per heavy atom. The standard InChI is InChI=1S/C12H24N2/c1-2-5-11(6-3-1)14-10-8-12-7-4-9-13-12/h11-14H,1-10H2. The van der Waals surface area contributed by atoms with E-state index in [4.69, 9.17) is 0 Å². The maximum absolute atomic E-state index is 3.71. The van der Waals surface area contributed by atoms with Crippen LogP contribution in [0.1, 0.15) is 51.4 Å². The molecule has 1 aliphatic heterocycles. The Morgan fingerprint density at radius 1 is 1.00 bits per heavy atom. The van der Waals surface area contributed by atoms with Gasteiger partial charge in [0.15, 0.2) is 0 Å². The fraction of sp³-hybridized carbons (Fsp3) is 1.00. The molecule has 1 saturated heterocycles. The molecule has 0 amide bonds. The summed E-state index contributed by atoms with van der Waals surface area (Å²) in [6.45, 7) is 2.47. The van der Waals surface area contributed by atoms with Crippen molar-refractivity contribution in [1.29, 1.82) is 0 Å². The fourth-order valence-electron chi connectivity index (χ4n) is 2.77. The zero-order chi connectivity index (χ0) is 9.64. The Morgan fingerprint density at radius 3 is 2.57 bits per heavy atom. The molecule has 82 valence electrons. The van der Waals surface area contributed by atoms with Gasteiger partial charge in [0, 0.05) is 12.1 Å². The van der Waals surface area contributed by atoms with Gasteiger partial charge in [-0.25, -0.2) is 0 Å². The van der Waals surface area contributed by atoms with E-state index in [0.29, 0.717) is 0 Å². The summed E-state index contributed by atoms with van der Waals surface area (Å²) in [6.07, 6.45) is 11.3. The maximum Gasteiger partial charge on any atom is 0.00796 e. The van der Waals surface area contributed by atoms with Gasteiger partial charge in [-0.3, -0.25) is 0 Å². The second-order valence-electron chi connectivity index (χ2n) is 4.87. The third-order valence-corrected chi connectivity index (χ3v) is 3.69. The van der Waals surface area contributed by atoms with E-state index in [2.05, 4.69) is 10.6 Å². The SMILES string of the molecule is C1CCC(NCCC2CCCN2)CC1. The zero-order valence-corrected chi connectivity index (χ0v) is 9.23. The van der Waals surface area contributed by atoms with Crippen molar-refractivity contribution in [2.45, 2.75) is 63.5 Å². The first-order valence-corrected chi connectivity index (χ1v) is 6.42. The van der Waals surface area contributed by atoms with Crippen LogP contribution in [0.25, 0.3) is 0 Å². The Bertz CT molecular complexity index is 146. The monoisotopic (exact) mass is 196 g/mol. The third kappa shape index (κ3) is 3.25. The molecule has 1 heterocycles. The summed E-state index contributed by atoms with van der Waals surface area (Å²) in [5.74, 6) is 0. The minimum atomic E-state index is 0.811. The van der Waals surface area contributed by atoms with Crippen molar-refractivity contribution in [2.75, 3.05) is 13.1 Å². The second kappa shape index (κ2) is 5.72. The summed E-state index contributed by atoms with van der Waals surface area (Å²) < 4.78 is 0. The number of rotatable bonds is 4. The number of nitrogens with one attached hydrogen (secondary N) is 2. The largest absolute Gasteiger partial charge is 0.314 e. The van der Waals surface area contributed by atoms with Crippen molar-refractivity contribution in [3.05, 3.63) is 0 Å². The van der Waals surface area contributed by atoms with Gasteiger partial charge in [-0.2, -0.15) is 0 Å². The molecule has 2 N–H and O–H groups in total. The van der Waals surface area contributed by atoms with E-state index in [1.165, 1.54) is 64.5 Å². The first-order valence-electron chi connectivity index (χ1n) is 6.42. The molecule has 1 atom stereocenters. The Balaban J connectivity index is 1.52. The third-order valence-electron chi connectivity index (χ3n) is 3.69. The predicted molar refractivity (Wildman–Crippen MR) is 60.5 cm³/mol. The molecule has 0 radical (unpaired) electrons. The molecule has 1 unspecified atom stereocenters. The smallest absolute Gasteiger partial charge is 0.00796 e. The van der Waals surface area contributed by atoms with E-state index in [1.54, 1.807) is 0 Å². The fourth-order valence-corrected chi connectivity index (χ4v) is 2.77. The summed E-state index contributed by atoms with van der Waals surface area (Å²) in [5.41, 5.74) is 0. The molecule has 2 heteroatoms. The maximum atomic E-state index is 3.71. The molecule has 2 fully saturated rings. The van der Waals surface area contributed by atoms with E-state index in [1.807, 2.05) is 0 Å². The van der Waals surface area contributed by atoms with Crippen molar-refractivity contribution in [3.8, 4) is 0 Å². The zero-order valence-electron chi connectivity index (χ0n) is 9.23. The average Bonchev–Trinajstić information content (AvgIpc) is 2.72. The van der Waals surface area contributed by atoms with Crippen LogP contribution in [0.5, 0.6) is 0 Å². The van der Waals surface area contributed by atoms with Crippen LogP contribution in [-0.4, -0.2) is 25.2 Å². The van der Waals surface area contributed by atoms with E-state index in [9.17, 15) is 0 Å². The van der Waals surface area contributed by atoms with E-state index < -0.39 is 0 Å². The summed E-state index contributed by atoms with van der Waals surface area (Å²) >= 11 is 0. The molecule has 1 aliphatic carbocycles. The van der Waals surface area contributed by atoms with Gasteiger partial charge in [0.05, 0.1) is 0 Å². The van der Waals surface area contributed by atoms with Crippen LogP contribution in [-0.2, 0) is 0 Å². The first-order chi connectivity index (χ1) is 6.95. The van der Waals surface area contributed by atoms with Gasteiger partial charge in [-0.1, -0.05) is 19.3 Å². The summed E-state index contributed by atoms with van der Waals surface area (Å²) in [7, 11) is 0. The topological polar surface area (TPSA) is 24.1 Å². The van der Waals surface area contributed by atoms with Gasteiger partial charge < -0.3 is 10.6 Å². The molecule has 2 aliphatic rings.